The van der Waals surface area contributed by atoms with Gasteiger partial charge in [-0.2, -0.15) is 4.98 Å². The van der Waals surface area contributed by atoms with Crippen LogP contribution in [-0.2, 0) is 16.1 Å². The molecule has 0 unspecified atom stereocenters. The standard InChI is InChI=1S/C19H19N7O6.Li.H/c20-19-25-15-14(17(30)26-19)23-11(8-22-15)7-21-10-3-1-9(2-4-10)16(29)24-12(18(31)32)5-6-13(27)28;;/h1-4,8,12,21H,5-7H2,(H,24,29)(H,27,28)(H,31,32)(H3,20,22,25,26,30);;/t12-;;/m0../s1. The number of aromatic nitrogens is 4. The van der Waals surface area contributed by atoms with Crippen LogP contribution in [0.3, 0.4) is 0 Å². The summed E-state index contributed by atoms with van der Waals surface area (Å²) < 4.78 is 0. The van der Waals surface area contributed by atoms with Crippen molar-refractivity contribution in [1.82, 2.24) is 25.3 Å². The first-order valence-electron chi connectivity index (χ1n) is 9.33. The molecule has 2 aromatic heterocycles. The fraction of sp³-hybridized carbons (Fsp3) is 0.211. The molecule has 0 saturated heterocycles. The average molecular weight is 449 g/mol. The number of fused-ring (bicyclic) bond motifs is 1. The van der Waals surface area contributed by atoms with Crippen LogP contribution in [0.4, 0.5) is 11.6 Å². The number of rotatable bonds is 9. The van der Waals surface area contributed by atoms with Gasteiger partial charge in [0.25, 0.3) is 5.91 Å². The van der Waals surface area contributed by atoms with Gasteiger partial charge in [-0.1, -0.05) is 0 Å². The van der Waals surface area contributed by atoms with Crippen molar-refractivity contribution >= 4 is 59.5 Å². The van der Waals surface area contributed by atoms with Gasteiger partial charge in [0.15, 0.2) is 11.2 Å². The number of nitrogens with two attached hydrogens (primary N) is 1. The Kier molecular flexibility index (Phi) is 8.49. The first-order valence-corrected chi connectivity index (χ1v) is 9.33. The van der Waals surface area contributed by atoms with E-state index >= 15 is 0 Å². The fourth-order valence-electron chi connectivity index (χ4n) is 2.76. The Hall–Kier alpha value is -3.95. The van der Waals surface area contributed by atoms with E-state index in [-0.39, 0.29) is 60.9 Å². The number of aliphatic carboxylic acids is 2. The summed E-state index contributed by atoms with van der Waals surface area (Å²) in [4.78, 5) is 60.5. The van der Waals surface area contributed by atoms with Gasteiger partial charge in [-0.05, 0) is 30.7 Å². The van der Waals surface area contributed by atoms with Crippen molar-refractivity contribution in [3.8, 4) is 0 Å². The third-order valence-electron chi connectivity index (χ3n) is 4.36. The van der Waals surface area contributed by atoms with Gasteiger partial charge in [0.1, 0.15) is 6.04 Å². The summed E-state index contributed by atoms with van der Waals surface area (Å²) in [5.41, 5.74) is 6.47. The van der Waals surface area contributed by atoms with Crippen LogP contribution in [0.15, 0.2) is 35.3 Å². The molecule has 14 heteroatoms. The molecule has 168 valence electrons. The van der Waals surface area contributed by atoms with Gasteiger partial charge < -0.3 is 31.6 Å². The molecule has 1 amide bonds. The molecule has 0 aliphatic carbocycles. The Bertz CT molecular complexity index is 1230. The predicted molar refractivity (Wildman–Crippen MR) is 119 cm³/mol. The number of carbonyl (C=O) groups excluding carboxylic acids is 1. The number of nitrogens with zero attached hydrogens (tertiary/aromatic N) is 3. The van der Waals surface area contributed by atoms with Crippen molar-refractivity contribution < 1.29 is 24.6 Å². The van der Waals surface area contributed by atoms with Crippen molar-refractivity contribution in [2.45, 2.75) is 25.4 Å². The number of carboxylic acids is 2. The number of amides is 1. The van der Waals surface area contributed by atoms with E-state index in [0.717, 1.165) is 0 Å². The minimum absolute atomic E-state index is 0. The number of anilines is 2. The third kappa shape index (κ3) is 6.76. The van der Waals surface area contributed by atoms with E-state index < -0.39 is 29.4 Å². The molecule has 0 aliphatic heterocycles. The second-order valence-electron chi connectivity index (χ2n) is 6.71. The van der Waals surface area contributed by atoms with Gasteiger partial charge in [0, 0.05) is 17.7 Å². The Morgan fingerprint density at radius 3 is 2.45 bits per heavy atom. The molecule has 1 atom stereocenters. The number of benzene rings is 1. The Balaban J connectivity index is 0.00000385. The van der Waals surface area contributed by atoms with Crippen LogP contribution in [0.1, 0.15) is 28.9 Å². The summed E-state index contributed by atoms with van der Waals surface area (Å²) in [6, 6.07) is 4.86. The van der Waals surface area contributed by atoms with Crippen molar-refractivity contribution in [2.75, 3.05) is 11.1 Å². The molecule has 3 rings (SSSR count). The normalized spacial score (nSPS) is 11.3. The zero-order valence-electron chi connectivity index (χ0n) is 16.5. The summed E-state index contributed by atoms with van der Waals surface area (Å²) in [5.74, 6) is -3.16. The van der Waals surface area contributed by atoms with E-state index in [9.17, 15) is 19.2 Å². The van der Waals surface area contributed by atoms with Crippen molar-refractivity contribution in [2.24, 2.45) is 0 Å². The maximum atomic E-state index is 12.3. The number of hydrogen-bond donors (Lipinski definition) is 6. The molecule has 3 aromatic rings. The van der Waals surface area contributed by atoms with E-state index in [4.69, 9.17) is 15.9 Å². The third-order valence-corrected chi connectivity index (χ3v) is 4.36. The first-order chi connectivity index (χ1) is 15.2. The van der Waals surface area contributed by atoms with Crippen molar-refractivity contribution in [1.29, 1.82) is 0 Å². The Morgan fingerprint density at radius 1 is 1.12 bits per heavy atom. The summed E-state index contributed by atoms with van der Waals surface area (Å²) >= 11 is 0. The van der Waals surface area contributed by atoms with Crippen LogP contribution < -0.4 is 21.9 Å². The molecule has 0 aliphatic rings. The molecule has 1 aromatic carbocycles. The summed E-state index contributed by atoms with van der Waals surface area (Å²) in [7, 11) is 0. The Morgan fingerprint density at radius 2 is 1.82 bits per heavy atom. The number of aromatic amines is 1. The van der Waals surface area contributed by atoms with Crippen LogP contribution >= 0.6 is 0 Å². The van der Waals surface area contributed by atoms with Crippen LogP contribution in [0.2, 0.25) is 0 Å². The second kappa shape index (κ2) is 11.1. The van der Waals surface area contributed by atoms with Crippen LogP contribution in [0.25, 0.3) is 11.2 Å². The molecule has 0 radical (unpaired) electrons. The number of H-pyrrole nitrogens is 1. The number of nitrogen functional groups attached to an aromatic ring is 1. The Labute approximate surface area is 198 Å². The quantitative estimate of drug-likeness (QED) is 0.225. The van der Waals surface area contributed by atoms with E-state index in [0.29, 0.717) is 11.4 Å². The van der Waals surface area contributed by atoms with Crippen LogP contribution in [-0.4, -0.2) is 72.9 Å². The van der Waals surface area contributed by atoms with Gasteiger partial charge in [-0.15, -0.1) is 0 Å². The van der Waals surface area contributed by atoms with Gasteiger partial charge >= 0.3 is 36.4 Å². The molecular weight excluding hydrogens is 429 g/mol. The molecule has 0 saturated carbocycles. The second-order valence-corrected chi connectivity index (χ2v) is 6.71. The summed E-state index contributed by atoms with van der Waals surface area (Å²) in [6.45, 7) is 0.231. The number of nitrogens with one attached hydrogen (secondary N) is 3. The van der Waals surface area contributed by atoms with Gasteiger partial charge in [-0.25, -0.2) is 14.8 Å². The van der Waals surface area contributed by atoms with E-state index in [1.165, 1.54) is 18.3 Å². The van der Waals surface area contributed by atoms with E-state index in [1.807, 2.05) is 0 Å². The van der Waals surface area contributed by atoms with Crippen molar-refractivity contribution in [3.63, 3.8) is 0 Å². The zero-order chi connectivity index (χ0) is 23.3. The maximum absolute atomic E-state index is 12.3. The van der Waals surface area contributed by atoms with E-state index in [1.54, 1.807) is 12.1 Å². The fourth-order valence-corrected chi connectivity index (χ4v) is 2.76. The number of carboxylic acid groups (broad SMARTS) is 2. The average Bonchev–Trinajstić information content (AvgIpc) is 2.75. The van der Waals surface area contributed by atoms with Crippen LogP contribution in [0, 0.1) is 0 Å². The molecule has 0 spiro atoms. The molecule has 7 N–H and O–H groups in total. The topological polar surface area (TPSA) is 213 Å². The molecule has 13 nitrogen and oxygen atoms in total. The zero-order valence-corrected chi connectivity index (χ0v) is 16.5. The number of carbonyl (C=O) groups is 3. The van der Waals surface area contributed by atoms with Gasteiger partial charge in [0.05, 0.1) is 18.4 Å². The summed E-state index contributed by atoms with van der Waals surface area (Å²) in [5, 5.41) is 23.2. The molecule has 0 fully saturated rings. The SMILES string of the molecule is Nc1nc(=O)c2nc(CNc3ccc(C(=O)N[C@@H](CCC(=O)O)C(=O)O)cc3)cnc2[nH]1.[LiH]. The van der Waals surface area contributed by atoms with Crippen molar-refractivity contribution in [3.05, 3.63) is 52.1 Å². The van der Waals surface area contributed by atoms with Crippen LogP contribution in [0.5, 0.6) is 0 Å². The number of hydrogen-bond acceptors (Lipinski definition) is 9. The molecule has 0 bridgehead atoms. The minimum atomic E-state index is -1.31. The molecule has 2 heterocycles. The molecule has 33 heavy (non-hydrogen) atoms. The predicted octanol–water partition coefficient (Wildman–Crippen LogP) is -0.693. The monoisotopic (exact) mass is 449 g/mol. The molecular formula is C19H20LiN7O6. The summed E-state index contributed by atoms with van der Waals surface area (Å²) in [6.07, 6.45) is 0.858. The van der Waals surface area contributed by atoms with Gasteiger partial charge in [0.2, 0.25) is 5.95 Å². The first kappa shape index (κ1) is 25.3. The van der Waals surface area contributed by atoms with E-state index in [2.05, 4.69) is 30.6 Å². The van der Waals surface area contributed by atoms with Gasteiger partial charge in [-0.3, -0.25) is 14.4 Å².